The van der Waals surface area contributed by atoms with Crippen LogP contribution in [0.2, 0.25) is 0 Å². The summed E-state index contributed by atoms with van der Waals surface area (Å²) in [5.41, 5.74) is 4.73. The van der Waals surface area contributed by atoms with Crippen LogP contribution in [0, 0.1) is 6.92 Å². The van der Waals surface area contributed by atoms with E-state index in [2.05, 4.69) is 24.4 Å². The van der Waals surface area contributed by atoms with Crippen LogP contribution in [0.5, 0.6) is 5.75 Å². The van der Waals surface area contributed by atoms with Gasteiger partial charge in [-0.15, -0.1) is 0 Å². The van der Waals surface area contributed by atoms with Gasteiger partial charge in [0.1, 0.15) is 11.9 Å². The molecule has 0 saturated carbocycles. The Morgan fingerprint density at radius 2 is 1.67 bits per heavy atom. The van der Waals surface area contributed by atoms with Gasteiger partial charge in [0.15, 0.2) is 0 Å². The summed E-state index contributed by atoms with van der Waals surface area (Å²) >= 11 is 0. The van der Waals surface area contributed by atoms with E-state index in [-0.39, 0.29) is 12.1 Å². The molecule has 3 aromatic rings. The van der Waals surface area contributed by atoms with Gasteiger partial charge in [0.25, 0.3) is 5.91 Å². The fourth-order valence-electron chi connectivity index (χ4n) is 3.40. The van der Waals surface area contributed by atoms with Gasteiger partial charge >= 0.3 is 0 Å². The summed E-state index contributed by atoms with van der Waals surface area (Å²) in [7, 11) is 0. The molecule has 1 heterocycles. The van der Waals surface area contributed by atoms with Gasteiger partial charge in [0.2, 0.25) is 0 Å². The number of benzene rings is 3. The molecule has 0 spiro atoms. The van der Waals surface area contributed by atoms with Crippen LogP contribution in [0.1, 0.15) is 34.6 Å². The topological polar surface area (TPSA) is 41.6 Å². The van der Waals surface area contributed by atoms with Crippen LogP contribution in [0.25, 0.3) is 0 Å². The Hall–Kier alpha value is -3.27. The first-order valence-corrected chi connectivity index (χ1v) is 9.16. The Kier molecular flexibility index (Phi) is 4.55. The second kappa shape index (κ2) is 7.16. The van der Waals surface area contributed by atoms with E-state index < -0.39 is 0 Å². The predicted molar refractivity (Wildman–Crippen MR) is 108 cm³/mol. The predicted octanol–water partition coefficient (Wildman–Crippen LogP) is 5.16. The highest BCUT2D eigenvalue weighted by Crippen LogP contribution is 2.38. The van der Waals surface area contributed by atoms with E-state index in [1.165, 1.54) is 5.56 Å². The molecule has 0 bridgehead atoms. The molecule has 0 radical (unpaired) electrons. The first kappa shape index (κ1) is 17.2. The summed E-state index contributed by atoms with van der Waals surface area (Å²) in [5.74, 6) is 0.799. The van der Waals surface area contributed by atoms with Crippen molar-refractivity contribution in [3.63, 3.8) is 0 Å². The molecule has 136 valence electrons. The number of rotatable bonds is 5. The number of hydrogen-bond acceptors (Lipinski definition) is 3. The van der Waals surface area contributed by atoms with E-state index >= 15 is 0 Å². The zero-order valence-corrected chi connectivity index (χ0v) is 15.5. The molecule has 1 aliphatic rings. The van der Waals surface area contributed by atoms with Crippen LogP contribution in [0.3, 0.4) is 0 Å². The van der Waals surface area contributed by atoms with Gasteiger partial charge in [0.05, 0.1) is 6.61 Å². The summed E-state index contributed by atoms with van der Waals surface area (Å²) in [6.07, 6.45) is -0.255. The molecule has 27 heavy (non-hydrogen) atoms. The summed E-state index contributed by atoms with van der Waals surface area (Å²) in [4.78, 5) is 14.9. The number of nitrogens with zero attached hydrogens (tertiary/aromatic N) is 1. The minimum atomic E-state index is -0.255. The van der Waals surface area contributed by atoms with Crippen LogP contribution < -0.4 is 15.0 Å². The molecule has 0 aliphatic carbocycles. The lowest BCUT2D eigenvalue weighted by atomic mass is 10.1. The second-order valence-electron chi connectivity index (χ2n) is 6.60. The summed E-state index contributed by atoms with van der Waals surface area (Å²) in [6, 6.07) is 23.6. The number of carbonyl (C=O) groups is 1. The maximum Gasteiger partial charge on any atom is 0.260 e. The van der Waals surface area contributed by atoms with Crippen LogP contribution >= 0.6 is 0 Å². The second-order valence-corrected chi connectivity index (χ2v) is 6.60. The summed E-state index contributed by atoms with van der Waals surface area (Å²) in [6.45, 7) is 4.63. The zero-order valence-electron chi connectivity index (χ0n) is 15.5. The van der Waals surface area contributed by atoms with Gasteiger partial charge in [0, 0.05) is 22.5 Å². The highest BCUT2D eigenvalue weighted by molar-refractivity contribution is 6.11. The number of hydrogen-bond donors (Lipinski definition) is 1. The Balaban J connectivity index is 1.71. The molecule has 4 rings (SSSR count). The first-order chi connectivity index (χ1) is 13.2. The van der Waals surface area contributed by atoms with Gasteiger partial charge in [-0.3, -0.25) is 9.69 Å². The fraction of sp³-hybridized carbons (Fsp3) is 0.174. The van der Waals surface area contributed by atoms with Crippen LogP contribution in [0.15, 0.2) is 72.8 Å². The first-order valence-electron chi connectivity index (χ1n) is 9.16. The number of aryl methyl sites for hydroxylation is 1. The molecule has 0 saturated heterocycles. The summed E-state index contributed by atoms with van der Waals surface area (Å²) in [5, 5.41) is 3.52. The molecular weight excluding hydrogens is 336 g/mol. The van der Waals surface area contributed by atoms with Gasteiger partial charge in [-0.25, -0.2) is 0 Å². The fourth-order valence-corrected chi connectivity index (χ4v) is 3.40. The highest BCUT2D eigenvalue weighted by Gasteiger charge is 2.37. The van der Waals surface area contributed by atoms with E-state index in [1.54, 1.807) is 4.90 Å². The Morgan fingerprint density at radius 1 is 0.963 bits per heavy atom. The van der Waals surface area contributed by atoms with Crippen molar-refractivity contribution < 1.29 is 9.53 Å². The number of carbonyl (C=O) groups excluding carboxylic acids is 1. The number of ether oxygens (including phenoxy) is 1. The average molecular weight is 358 g/mol. The summed E-state index contributed by atoms with van der Waals surface area (Å²) < 4.78 is 5.53. The minimum absolute atomic E-state index is 0.000582. The van der Waals surface area contributed by atoms with E-state index in [0.29, 0.717) is 6.61 Å². The lowest BCUT2D eigenvalue weighted by Gasteiger charge is -2.27. The van der Waals surface area contributed by atoms with Crippen molar-refractivity contribution in [3.05, 3.63) is 89.5 Å². The SMILES string of the molecule is CCOc1ccc(N2C(=O)c3ccccc3[C@@H]2Nc2ccc(C)cc2)cc1. The third-order valence-corrected chi connectivity index (χ3v) is 4.74. The number of fused-ring (bicyclic) bond motifs is 1. The van der Waals surface area contributed by atoms with Crippen molar-refractivity contribution in [3.8, 4) is 5.75 Å². The van der Waals surface area contributed by atoms with E-state index in [4.69, 9.17) is 4.74 Å². The van der Waals surface area contributed by atoms with Gasteiger partial charge in [-0.2, -0.15) is 0 Å². The Labute approximate surface area is 159 Å². The quantitative estimate of drug-likeness (QED) is 0.684. The Morgan fingerprint density at radius 3 is 2.37 bits per heavy atom. The molecule has 3 aromatic carbocycles. The standard InChI is InChI=1S/C23H22N2O2/c1-3-27-19-14-12-18(13-15-19)25-22(24-17-10-8-16(2)9-11-17)20-6-4-5-7-21(20)23(25)26/h4-15,22,24H,3H2,1-2H3/t22-/m1/s1. The van der Waals surface area contributed by atoms with E-state index in [0.717, 1.165) is 28.3 Å². The van der Waals surface area contributed by atoms with Crippen molar-refractivity contribution >= 4 is 17.3 Å². The van der Waals surface area contributed by atoms with Crippen molar-refractivity contribution in [2.75, 3.05) is 16.8 Å². The minimum Gasteiger partial charge on any atom is -0.494 e. The highest BCUT2D eigenvalue weighted by atomic mass is 16.5. The molecule has 1 aliphatic heterocycles. The van der Waals surface area contributed by atoms with Crippen LogP contribution in [0.4, 0.5) is 11.4 Å². The van der Waals surface area contributed by atoms with Gasteiger partial charge in [-0.05, 0) is 56.3 Å². The molecule has 1 amide bonds. The molecular formula is C23H22N2O2. The molecule has 4 nitrogen and oxygen atoms in total. The molecule has 1 atom stereocenters. The van der Waals surface area contributed by atoms with E-state index in [1.807, 2.05) is 67.6 Å². The molecule has 0 fully saturated rings. The molecule has 1 N–H and O–H groups in total. The lowest BCUT2D eigenvalue weighted by molar-refractivity contribution is 0.0993. The van der Waals surface area contributed by atoms with Gasteiger partial charge in [-0.1, -0.05) is 35.9 Å². The van der Waals surface area contributed by atoms with Crippen molar-refractivity contribution in [1.29, 1.82) is 0 Å². The molecule has 0 unspecified atom stereocenters. The van der Waals surface area contributed by atoms with Crippen LogP contribution in [-0.4, -0.2) is 12.5 Å². The maximum absolute atomic E-state index is 13.1. The van der Waals surface area contributed by atoms with Crippen LogP contribution in [-0.2, 0) is 0 Å². The van der Waals surface area contributed by atoms with Crippen molar-refractivity contribution in [2.45, 2.75) is 20.0 Å². The zero-order chi connectivity index (χ0) is 18.8. The molecule has 0 aromatic heterocycles. The average Bonchev–Trinajstić information content (AvgIpc) is 2.97. The monoisotopic (exact) mass is 358 g/mol. The van der Waals surface area contributed by atoms with E-state index in [9.17, 15) is 4.79 Å². The normalized spacial score (nSPS) is 15.6. The number of nitrogens with one attached hydrogen (secondary N) is 1. The van der Waals surface area contributed by atoms with Gasteiger partial charge < -0.3 is 10.1 Å². The molecule has 4 heteroatoms. The third-order valence-electron chi connectivity index (χ3n) is 4.74. The van der Waals surface area contributed by atoms with Crippen molar-refractivity contribution in [1.82, 2.24) is 0 Å². The maximum atomic E-state index is 13.1. The van der Waals surface area contributed by atoms with Crippen molar-refractivity contribution in [2.24, 2.45) is 0 Å². The smallest absolute Gasteiger partial charge is 0.260 e. The lowest BCUT2D eigenvalue weighted by Crippen LogP contribution is -2.32. The largest absolute Gasteiger partial charge is 0.494 e. The third kappa shape index (κ3) is 3.26. The number of anilines is 2. The Bertz CT molecular complexity index is 949. The number of amides is 1.